The van der Waals surface area contributed by atoms with Crippen LogP contribution in [0.3, 0.4) is 0 Å². The molecule has 1 aromatic carbocycles. The summed E-state index contributed by atoms with van der Waals surface area (Å²) in [6.45, 7) is 2.44. The summed E-state index contributed by atoms with van der Waals surface area (Å²) in [5, 5.41) is 4.54. The summed E-state index contributed by atoms with van der Waals surface area (Å²) >= 11 is 5.81. The van der Waals surface area contributed by atoms with Gasteiger partial charge in [-0.15, -0.1) is 0 Å². The van der Waals surface area contributed by atoms with Gasteiger partial charge in [-0.25, -0.2) is 4.39 Å². The number of rotatable bonds is 3. The first-order chi connectivity index (χ1) is 10.1. The van der Waals surface area contributed by atoms with Crippen molar-refractivity contribution in [3.05, 3.63) is 35.4 Å². The maximum Gasteiger partial charge on any atom is 0.132 e. The Kier molecular flexibility index (Phi) is 4.12. The Hall–Kier alpha value is -1.59. The van der Waals surface area contributed by atoms with Crippen LogP contribution in [0.2, 0.25) is 5.02 Å². The van der Waals surface area contributed by atoms with Gasteiger partial charge in [0.25, 0.3) is 0 Å². The molecular weight excluding hydrogens is 293 g/mol. The molecule has 3 rings (SSSR count). The fourth-order valence-corrected chi connectivity index (χ4v) is 2.73. The number of anilines is 1. The Labute approximate surface area is 127 Å². The monoisotopic (exact) mass is 309 g/mol. The van der Waals surface area contributed by atoms with E-state index in [1.807, 2.05) is 10.9 Å². The van der Waals surface area contributed by atoms with Crippen LogP contribution in [-0.4, -0.2) is 23.0 Å². The molecule has 1 aromatic heterocycles. The van der Waals surface area contributed by atoms with Crippen molar-refractivity contribution in [2.75, 3.05) is 18.9 Å². The van der Waals surface area contributed by atoms with E-state index in [1.54, 1.807) is 12.3 Å². The van der Waals surface area contributed by atoms with E-state index >= 15 is 0 Å². The smallest absolute Gasteiger partial charge is 0.132 e. The Morgan fingerprint density at radius 3 is 2.90 bits per heavy atom. The molecule has 1 aliphatic rings. The molecule has 0 atom stereocenters. The Bertz CT molecular complexity index is 638. The number of hydrogen-bond donors (Lipinski definition) is 1. The van der Waals surface area contributed by atoms with E-state index in [-0.39, 0.29) is 10.8 Å². The molecule has 1 saturated heterocycles. The van der Waals surface area contributed by atoms with Crippen LogP contribution >= 0.6 is 11.6 Å². The van der Waals surface area contributed by atoms with Gasteiger partial charge < -0.3 is 10.5 Å². The molecule has 2 heterocycles. The van der Waals surface area contributed by atoms with Crippen molar-refractivity contribution < 1.29 is 9.13 Å². The van der Waals surface area contributed by atoms with E-state index in [4.69, 9.17) is 22.1 Å². The third kappa shape index (κ3) is 3.19. The maximum atomic E-state index is 14.0. The molecule has 0 unspecified atom stereocenters. The number of aromatic nitrogens is 2. The second-order valence-electron chi connectivity index (χ2n) is 5.36. The van der Waals surface area contributed by atoms with Crippen molar-refractivity contribution in [3.63, 3.8) is 0 Å². The van der Waals surface area contributed by atoms with Crippen molar-refractivity contribution in [1.82, 2.24) is 9.78 Å². The van der Waals surface area contributed by atoms with Crippen LogP contribution in [0.5, 0.6) is 0 Å². The molecule has 0 spiro atoms. The average molecular weight is 310 g/mol. The van der Waals surface area contributed by atoms with Gasteiger partial charge in [0.05, 0.1) is 16.9 Å². The Morgan fingerprint density at radius 2 is 2.14 bits per heavy atom. The molecule has 21 heavy (non-hydrogen) atoms. The topological polar surface area (TPSA) is 53.1 Å². The number of nitrogens with two attached hydrogens (primary N) is 1. The van der Waals surface area contributed by atoms with Gasteiger partial charge in [-0.1, -0.05) is 11.6 Å². The van der Waals surface area contributed by atoms with Gasteiger partial charge in [0.2, 0.25) is 0 Å². The highest BCUT2D eigenvalue weighted by Crippen LogP contribution is 2.30. The molecule has 2 aromatic rings. The standard InChI is InChI=1S/C15H17ClFN3O/c16-13-6-14(17)12(5-15(13)18)11-7-19-20(9-11)8-10-1-3-21-4-2-10/h5-7,9-10H,1-4,8,18H2. The lowest BCUT2D eigenvalue weighted by Crippen LogP contribution is -2.20. The first-order valence-electron chi connectivity index (χ1n) is 6.98. The first kappa shape index (κ1) is 14.4. The number of halogens is 2. The lowest BCUT2D eigenvalue weighted by molar-refractivity contribution is 0.0601. The summed E-state index contributed by atoms with van der Waals surface area (Å²) in [4.78, 5) is 0. The SMILES string of the molecule is Nc1cc(-c2cnn(CC3CCOCC3)c2)c(F)cc1Cl. The van der Waals surface area contributed by atoms with E-state index in [0.717, 1.165) is 32.6 Å². The van der Waals surface area contributed by atoms with Crippen LogP contribution in [0.15, 0.2) is 24.5 Å². The molecule has 112 valence electrons. The van der Waals surface area contributed by atoms with Gasteiger partial charge in [0.1, 0.15) is 5.82 Å². The zero-order valence-electron chi connectivity index (χ0n) is 11.6. The highest BCUT2D eigenvalue weighted by atomic mass is 35.5. The minimum atomic E-state index is -0.389. The van der Waals surface area contributed by atoms with E-state index in [1.165, 1.54) is 6.07 Å². The number of nitrogen functional groups attached to an aromatic ring is 1. The van der Waals surface area contributed by atoms with E-state index in [2.05, 4.69) is 5.10 Å². The lowest BCUT2D eigenvalue weighted by Gasteiger charge is -2.21. The van der Waals surface area contributed by atoms with Crippen LogP contribution in [0.4, 0.5) is 10.1 Å². The second-order valence-corrected chi connectivity index (χ2v) is 5.77. The molecule has 2 N–H and O–H groups in total. The predicted molar refractivity (Wildman–Crippen MR) is 80.6 cm³/mol. The summed E-state index contributed by atoms with van der Waals surface area (Å²) in [5.74, 6) is 0.173. The van der Waals surface area contributed by atoms with Crippen molar-refractivity contribution >= 4 is 17.3 Å². The minimum absolute atomic E-state index is 0.228. The molecule has 0 saturated carbocycles. The van der Waals surface area contributed by atoms with E-state index < -0.39 is 0 Å². The van der Waals surface area contributed by atoms with Crippen LogP contribution in [0, 0.1) is 11.7 Å². The van der Waals surface area contributed by atoms with Gasteiger partial charge >= 0.3 is 0 Å². The number of ether oxygens (including phenoxy) is 1. The largest absolute Gasteiger partial charge is 0.398 e. The normalized spacial score (nSPS) is 16.3. The van der Waals surface area contributed by atoms with Crippen molar-refractivity contribution in [2.24, 2.45) is 5.92 Å². The number of benzene rings is 1. The number of nitrogens with zero attached hydrogens (tertiary/aromatic N) is 2. The van der Waals surface area contributed by atoms with Gasteiger partial charge in [0, 0.05) is 37.1 Å². The molecule has 1 fully saturated rings. The van der Waals surface area contributed by atoms with Crippen LogP contribution in [-0.2, 0) is 11.3 Å². The predicted octanol–water partition coefficient (Wildman–Crippen LogP) is 3.35. The van der Waals surface area contributed by atoms with E-state index in [9.17, 15) is 4.39 Å². The quantitative estimate of drug-likeness (QED) is 0.885. The fourth-order valence-electron chi connectivity index (χ4n) is 2.58. The third-order valence-electron chi connectivity index (χ3n) is 3.82. The summed E-state index contributed by atoms with van der Waals surface area (Å²) < 4.78 is 21.2. The average Bonchev–Trinajstić information content (AvgIpc) is 2.92. The summed E-state index contributed by atoms with van der Waals surface area (Å²) in [6, 6.07) is 2.79. The molecule has 4 nitrogen and oxygen atoms in total. The molecule has 0 radical (unpaired) electrons. The molecule has 0 amide bonds. The second kappa shape index (κ2) is 6.03. The lowest BCUT2D eigenvalue weighted by atomic mass is 10.0. The highest BCUT2D eigenvalue weighted by Gasteiger charge is 2.16. The Balaban J connectivity index is 1.79. The minimum Gasteiger partial charge on any atom is -0.398 e. The maximum absolute atomic E-state index is 14.0. The summed E-state index contributed by atoms with van der Waals surface area (Å²) in [5.41, 5.74) is 7.25. The van der Waals surface area contributed by atoms with E-state index in [0.29, 0.717) is 22.7 Å². The molecule has 6 heteroatoms. The van der Waals surface area contributed by atoms with Crippen molar-refractivity contribution in [1.29, 1.82) is 0 Å². The van der Waals surface area contributed by atoms with Crippen LogP contribution in [0.25, 0.3) is 11.1 Å². The molecule has 0 bridgehead atoms. The summed E-state index contributed by atoms with van der Waals surface area (Å²) in [6.07, 6.45) is 5.58. The number of hydrogen-bond acceptors (Lipinski definition) is 3. The fraction of sp³-hybridized carbons (Fsp3) is 0.400. The molecule has 1 aliphatic heterocycles. The zero-order chi connectivity index (χ0) is 14.8. The van der Waals surface area contributed by atoms with Crippen LogP contribution in [0.1, 0.15) is 12.8 Å². The molecular formula is C15H17ClFN3O. The van der Waals surface area contributed by atoms with Crippen molar-refractivity contribution in [3.8, 4) is 11.1 Å². The Morgan fingerprint density at radius 1 is 1.38 bits per heavy atom. The van der Waals surface area contributed by atoms with Crippen molar-refractivity contribution in [2.45, 2.75) is 19.4 Å². The molecule has 0 aliphatic carbocycles. The van der Waals surface area contributed by atoms with Gasteiger partial charge in [-0.3, -0.25) is 4.68 Å². The van der Waals surface area contributed by atoms with Gasteiger partial charge in [0.15, 0.2) is 0 Å². The summed E-state index contributed by atoms with van der Waals surface area (Å²) in [7, 11) is 0. The van der Waals surface area contributed by atoms with Crippen LogP contribution < -0.4 is 5.73 Å². The van der Waals surface area contributed by atoms with Gasteiger partial charge in [-0.05, 0) is 30.9 Å². The zero-order valence-corrected chi connectivity index (χ0v) is 12.3. The highest BCUT2D eigenvalue weighted by molar-refractivity contribution is 6.33. The third-order valence-corrected chi connectivity index (χ3v) is 4.14. The first-order valence-corrected chi connectivity index (χ1v) is 7.36. The van der Waals surface area contributed by atoms with Gasteiger partial charge in [-0.2, -0.15) is 5.10 Å².